The maximum atomic E-state index is 12.4. The molecule has 0 aliphatic carbocycles. The highest BCUT2D eigenvalue weighted by Gasteiger charge is 2.21. The van der Waals surface area contributed by atoms with Gasteiger partial charge in [-0.25, -0.2) is 0 Å². The Hall–Kier alpha value is -2.17. The number of amides is 1. The Balaban J connectivity index is 2.36. The first-order chi connectivity index (χ1) is 11.5. The molecular weight excluding hydrogens is 298 g/mol. The summed E-state index contributed by atoms with van der Waals surface area (Å²) in [6, 6.07) is 16.4. The van der Waals surface area contributed by atoms with E-state index in [1.54, 1.807) is 0 Å². The number of carbonyl (C=O) groups excluding carboxylic acids is 1. The first kappa shape index (κ1) is 18.2. The minimum absolute atomic E-state index is 0.0148. The third-order valence-electron chi connectivity index (χ3n) is 4.08. The maximum absolute atomic E-state index is 12.4. The molecule has 4 heteroatoms. The van der Waals surface area contributed by atoms with Crippen molar-refractivity contribution in [3.8, 4) is 11.1 Å². The van der Waals surface area contributed by atoms with E-state index >= 15 is 0 Å². The summed E-state index contributed by atoms with van der Waals surface area (Å²) in [5.74, 6) is 0.216. The molecule has 2 aromatic rings. The van der Waals surface area contributed by atoms with E-state index < -0.39 is 0 Å². The highest BCUT2D eigenvalue weighted by Crippen LogP contribution is 2.28. The van der Waals surface area contributed by atoms with Gasteiger partial charge in [0.2, 0.25) is 5.91 Å². The molecule has 0 saturated heterocycles. The monoisotopic (exact) mass is 325 g/mol. The molecule has 0 fully saturated rings. The Bertz CT molecular complexity index is 682. The fraction of sp³-hybridized carbons (Fsp3) is 0.350. The van der Waals surface area contributed by atoms with E-state index in [-0.39, 0.29) is 18.5 Å². The SMILES string of the molecule is CC(C)C[C@@H](C(=O)NCN)c1cccc(-c2cccc(CN)c2)c1. The molecule has 0 bridgehead atoms. The second-order valence-corrected chi connectivity index (χ2v) is 6.46. The van der Waals surface area contributed by atoms with Crippen LogP contribution >= 0.6 is 0 Å². The zero-order valence-corrected chi connectivity index (χ0v) is 14.5. The molecular formula is C20H27N3O. The van der Waals surface area contributed by atoms with Gasteiger partial charge < -0.3 is 16.8 Å². The van der Waals surface area contributed by atoms with Crippen LogP contribution in [0.5, 0.6) is 0 Å². The summed E-state index contributed by atoms with van der Waals surface area (Å²) in [5.41, 5.74) is 15.5. The highest BCUT2D eigenvalue weighted by atomic mass is 16.1. The van der Waals surface area contributed by atoms with Crippen molar-refractivity contribution >= 4 is 5.91 Å². The second-order valence-electron chi connectivity index (χ2n) is 6.46. The molecule has 0 saturated carbocycles. The molecule has 2 aromatic carbocycles. The van der Waals surface area contributed by atoms with E-state index in [1.807, 2.05) is 24.3 Å². The van der Waals surface area contributed by atoms with Gasteiger partial charge in [0.05, 0.1) is 12.6 Å². The molecule has 0 radical (unpaired) electrons. The molecule has 2 rings (SSSR count). The summed E-state index contributed by atoms with van der Waals surface area (Å²) in [6.07, 6.45) is 0.790. The van der Waals surface area contributed by atoms with Gasteiger partial charge in [-0.1, -0.05) is 56.3 Å². The Morgan fingerprint density at radius 2 is 1.71 bits per heavy atom. The number of hydrogen-bond donors (Lipinski definition) is 3. The summed E-state index contributed by atoms with van der Waals surface area (Å²) < 4.78 is 0. The molecule has 24 heavy (non-hydrogen) atoms. The third-order valence-corrected chi connectivity index (χ3v) is 4.08. The lowest BCUT2D eigenvalue weighted by molar-refractivity contribution is -0.122. The van der Waals surface area contributed by atoms with Gasteiger partial charge in [0.25, 0.3) is 0 Å². The maximum Gasteiger partial charge on any atom is 0.228 e. The average Bonchev–Trinajstić information content (AvgIpc) is 2.60. The lowest BCUT2D eigenvalue weighted by atomic mass is 9.88. The number of hydrogen-bond acceptors (Lipinski definition) is 3. The number of benzene rings is 2. The van der Waals surface area contributed by atoms with Crippen molar-refractivity contribution in [2.75, 3.05) is 6.67 Å². The zero-order valence-electron chi connectivity index (χ0n) is 14.5. The largest absolute Gasteiger partial charge is 0.343 e. The van der Waals surface area contributed by atoms with E-state index in [2.05, 4.69) is 43.4 Å². The molecule has 1 amide bonds. The summed E-state index contributed by atoms with van der Waals surface area (Å²) >= 11 is 0. The first-order valence-electron chi connectivity index (χ1n) is 8.42. The van der Waals surface area contributed by atoms with Crippen LogP contribution in [0.25, 0.3) is 11.1 Å². The third kappa shape index (κ3) is 4.66. The van der Waals surface area contributed by atoms with Crippen molar-refractivity contribution in [1.29, 1.82) is 0 Å². The van der Waals surface area contributed by atoms with Gasteiger partial charge in [-0.15, -0.1) is 0 Å². The van der Waals surface area contributed by atoms with Gasteiger partial charge in [-0.05, 0) is 40.7 Å². The summed E-state index contributed by atoms with van der Waals surface area (Å²) in [7, 11) is 0. The van der Waals surface area contributed by atoms with Crippen LogP contribution in [0.15, 0.2) is 48.5 Å². The van der Waals surface area contributed by atoms with Crippen LogP contribution in [0.4, 0.5) is 0 Å². The van der Waals surface area contributed by atoms with Crippen molar-refractivity contribution in [2.24, 2.45) is 17.4 Å². The standard InChI is InChI=1S/C20H27N3O/c1-14(2)9-19(20(24)23-13-22)18-8-4-7-17(11-18)16-6-3-5-15(10-16)12-21/h3-8,10-11,14,19H,9,12-13,21-22H2,1-2H3,(H,23,24)/t19-/m1/s1. The van der Waals surface area contributed by atoms with Crippen molar-refractivity contribution in [3.05, 3.63) is 59.7 Å². The van der Waals surface area contributed by atoms with Crippen molar-refractivity contribution < 1.29 is 4.79 Å². The van der Waals surface area contributed by atoms with Gasteiger partial charge in [0, 0.05) is 6.54 Å². The van der Waals surface area contributed by atoms with E-state index in [4.69, 9.17) is 11.5 Å². The molecule has 0 aliphatic heterocycles. The summed E-state index contributed by atoms with van der Waals surface area (Å²) in [5, 5.41) is 2.75. The number of rotatable bonds is 7. The lowest BCUT2D eigenvalue weighted by Crippen LogP contribution is -2.34. The first-order valence-corrected chi connectivity index (χ1v) is 8.42. The molecule has 128 valence electrons. The second kappa shape index (κ2) is 8.62. The predicted molar refractivity (Wildman–Crippen MR) is 99.2 cm³/mol. The number of nitrogens with one attached hydrogen (secondary N) is 1. The van der Waals surface area contributed by atoms with Gasteiger partial charge in [0.15, 0.2) is 0 Å². The van der Waals surface area contributed by atoms with Gasteiger partial charge in [-0.2, -0.15) is 0 Å². The minimum Gasteiger partial charge on any atom is -0.343 e. The summed E-state index contributed by atoms with van der Waals surface area (Å²) in [6.45, 7) is 4.92. The normalized spacial score (nSPS) is 12.2. The quantitative estimate of drug-likeness (QED) is 0.685. The predicted octanol–water partition coefficient (Wildman–Crippen LogP) is 2.97. The lowest BCUT2D eigenvalue weighted by Gasteiger charge is -2.19. The van der Waals surface area contributed by atoms with Crippen LogP contribution in [0.2, 0.25) is 0 Å². The number of nitrogens with two attached hydrogens (primary N) is 2. The van der Waals surface area contributed by atoms with Crippen LogP contribution in [0.1, 0.15) is 37.3 Å². The van der Waals surface area contributed by atoms with Crippen LogP contribution in [0, 0.1) is 5.92 Å². The highest BCUT2D eigenvalue weighted by molar-refractivity contribution is 5.84. The van der Waals surface area contributed by atoms with Crippen molar-refractivity contribution in [2.45, 2.75) is 32.7 Å². The zero-order chi connectivity index (χ0) is 17.5. The molecule has 1 atom stereocenters. The Morgan fingerprint density at radius 1 is 1.04 bits per heavy atom. The van der Waals surface area contributed by atoms with Crippen molar-refractivity contribution in [1.82, 2.24) is 5.32 Å². The van der Waals surface area contributed by atoms with E-state index in [9.17, 15) is 4.79 Å². The van der Waals surface area contributed by atoms with Crippen LogP contribution in [-0.4, -0.2) is 12.6 Å². The van der Waals surface area contributed by atoms with E-state index in [0.717, 1.165) is 28.7 Å². The Labute approximate surface area is 144 Å². The fourth-order valence-electron chi connectivity index (χ4n) is 2.90. The molecule has 4 nitrogen and oxygen atoms in total. The number of carbonyl (C=O) groups is 1. The average molecular weight is 325 g/mol. The minimum atomic E-state index is -0.189. The molecule has 0 unspecified atom stereocenters. The van der Waals surface area contributed by atoms with Gasteiger partial charge in [-0.3, -0.25) is 4.79 Å². The molecule has 0 heterocycles. The molecule has 0 aromatic heterocycles. The van der Waals surface area contributed by atoms with Crippen LogP contribution in [0.3, 0.4) is 0 Å². The Morgan fingerprint density at radius 3 is 2.33 bits per heavy atom. The van der Waals surface area contributed by atoms with E-state index in [1.165, 1.54) is 0 Å². The Kier molecular flexibility index (Phi) is 6.53. The van der Waals surface area contributed by atoms with Gasteiger partial charge >= 0.3 is 0 Å². The fourth-order valence-corrected chi connectivity index (χ4v) is 2.90. The molecule has 0 spiro atoms. The van der Waals surface area contributed by atoms with Crippen molar-refractivity contribution in [3.63, 3.8) is 0 Å². The molecule has 0 aliphatic rings. The van der Waals surface area contributed by atoms with Gasteiger partial charge in [0.1, 0.15) is 0 Å². The summed E-state index contributed by atoms with van der Waals surface area (Å²) in [4.78, 5) is 12.4. The topological polar surface area (TPSA) is 81.1 Å². The van der Waals surface area contributed by atoms with Crippen LogP contribution in [-0.2, 0) is 11.3 Å². The molecule has 5 N–H and O–H groups in total. The van der Waals surface area contributed by atoms with Crippen LogP contribution < -0.4 is 16.8 Å². The smallest absolute Gasteiger partial charge is 0.228 e. The van der Waals surface area contributed by atoms with E-state index in [0.29, 0.717) is 12.5 Å².